The van der Waals surface area contributed by atoms with Gasteiger partial charge in [-0.3, -0.25) is 9.59 Å². The van der Waals surface area contributed by atoms with Crippen LogP contribution < -0.4 is 16.0 Å². The number of methoxy groups -OCH3 is 1. The van der Waals surface area contributed by atoms with E-state index >= 15 is 0 Å². The topological polar surface area (TPSA) is 100 Å². The van der Waals surface area contributed by atoms with Crippen LogP contribution in [0.5, 0.6) is 5.75 Å². The molecule has 1 saturated heterocycles. The van der Waals surface area contributed by atoms with Gasteiger partial charge in [0.1, 0.15) is 11.3 Å². The zero-order chi connectivity index (χ0) is 29.6. The first-order chi connectivity index (χ1) is 20.8. The van der Waals surface area contributed by atoms with Crippen LogP contribution in [0.4, 0.5) is 0 Å². The van der Waals surface area contributed by atoms with Gasteiger partial charge in [-0.25, -0.2) is 4.98 Å². The van der Waals surface area contributed by atoms with Crippen LogP contribution >= 0.6 is 0 Å². The first-order valence-electron chi connectivity index (χ1n) is 15.2. The second-order valence-corrected chi connectivity index (χ2v) is 12.7. The van der Waals surface area contributed by atoms with Crippen molar-refractivity contribution < 1.29 is 9.53 Å². The summed E-state index contributed by atoms with van der Waals surface area (Å²) in [4.78, 5) is 33.1. The average molecular weight is 577 g/mol. The van der Waals surface area contributed by atoms with Gasteiger partial charge >= 0.3 is 0 Å². The van der Waals surface area contributed by atoms with E-state index in [2.05, 4.69) is 33.4 Å². The number of carbonyl (C=O) groups excluding carboxylic acids is 1. The van der Waals surface area contributed by atoms with Crippen molar-refractivity contribution >= 4 is 27.8 Å². The van der Waals surface area contributed by atoms with E-state index in [0.29, 0.717) is 23.1 Å². The van der Waals surface area contributed by atoms with Gasteiger partial charge in [-0.15, -0.1) is 0 Å². The Balaban J connectivity index is 1.24. The number of hydrogen-bond donors (Lipinski definition) is 1. The van der Waals surface area contributed by atoms with Crippen molar-refractivity contribution in [3.8, 4) is 28.4 Å². The molecule has 3 aliphatic rings. The lowest BCUT2D eigenvalue weighted by Gasteiger charge is -2.27. The van der Waals surface area contributed by atoms with E-state index in [4.69, 9.17) is 15.5 Å². The Hall–Kier alpha value is -4.37. The van der Waals surface area contributed by atoms with Crippen LogP contribution in [-0.2, 0) is 20.6 Å². The highest BCUT2D eigenvalue weighted by Crippen LogP contribution is 2.40. The Kier molecular flexibility index (Phi) is 5.85. The number of nitrogens with two attached hydrogens (primary N) is 1. The molecule has 3 aromatic heterocycles. The van der Waals surface area contributed by atoms with E-state index in [1.165, 1.54) is 12.8 Å². The smallest absolute Gasteiger partial charge is 0.254 e. The number of amides is 1. The third-order valence-electron chi connectivity index (χ3n) is 10.0. The minimum absolute atomic E-state index is 0.00109. The predicted molar refractivity (Wildman–Crippen MR) is 167 cm³/mol. The third kappa shape index (κ3) is 4.12. The molecule has 2 N–H and O–H groups in total. The average Bonchev–Trinajstić information content (AvgIpc) is 3.42. The number of ether oxygens (including phenoxy) is 1. The van der Waals surface area contributed by atoms with Crippen LogP contribution in [0.2, 0.25) is 0 Å². The highest BCUT2D eigenvalue weighted by molar-refractivity contribution is 6.00. The van der Waals surface area contributed by atoms with Gasteiger partial charge in [0.15, 0.2) is 5.82 Å². The lowest BCUT2D eigenvalue weighted by atomic mass is 10.1. The lowest BCUT2D eigenvalue weighted by Crippen LogP contribution is -2.41. The van der Waals surface area contributed by atoms with Crippen LogP contribution in [0, 0.1) is 11.8 Å². The Labute approximate surface area is 249 Å². The third-order valence-corrected chi connectivity index (χ3v) is 10.0. The number of piperidine rings is 1. The van der Waals surface area contributed by atoms with Crippen molar-refractivity contribution in [3.05, 3.63) is 70.6 Å². The first kappa shape index (κ1) is 26.3. The SMILES string of the molecule is COc1cc(C(=O)N2C[C@H]3CC[C@@H]2[C@@H]3N)cc2nc(-c3cc4ccc(-c5ccn(C)c(=O)c5)cc4n3CC3CC3)n(C)c12. The van der Waals surface area contributed by atoms with Gasteiger partial charge in [0, 0.05) is 68.0 Å². The second-order valence-electron chi connectivity index (χ2n) is 12.7. The summed E-state index contributed by atoms with van der Waals surface area (Å²) >= 11 is 0. The number of aryl methyl sites for hydroxylation is 2. The normalized spacial score (nSPS) is 21.4. The number of benzene rings is 2. The molecule has 5 aromatic rings. The van der Waals surface area contributed by atoms with Crippen LogP contribution in [0.25, 0.3) is 44.6 Å². The Morgan fingerprint density at radius 2 is 1.84 bits per heavy atom. The number of rotatable bonds is 6. The molecule has 1 aliphatic heterocycles. The summed E-state index contributed by atoms with van der Waals surface area (Å²) in [6.45, 7) is 1.62. The number of nitrogens with zero attached hydrogens (tertiary/aromatic N) is 5. The van der Waals surface area contributed by atoms with Crippen molar-refractivity contribution in [1.82, 2.24) is 23.6 Å². The number of hydrogen-bond acceptors (Lipinski definition) is 5. The fraction of sp³-hybridized carbons (Fsp3) is 0.382. The molecule has 9 heteroatoms. The maximum atomic E-state index is 13.7. The molecule has 8 rings (SSSR count). The van der Waals surface area contributed by atoms with Crippen molar-refractivity contribution in [2.45, 2.75) is 44.3 Å². The summed E-state index contributed by atoms with van der Waals surface area (Å²) in [6, 6.07) is 16.2. The van der Waals surface area contributed by atoms with Crippen molar-refractivity contribution in [2.75, 3.05) is 13.7 Å². The predicted octanol–water partition coefficient (Wildman–Crippen LogP) is 4.54. The molecule has 0 unspecified atom stereocenters. The van der Waals surface area contributed by atoms with Gasteiger partial charge in [0.05, 0.1) is 18.3 Å². The molecule has 3 atom stereocenters. The summed E-state index contributed by atoms with van der Waals surface area (Å²) < 4.78 is 11.9. The summed E-state index contributed by atoms with van der Waals surface area (Å²) in [5.74, 6) is 2.49. The molecule has 4 heterocycles. The van der Waals surface area contributed by atoms with E-state index in [1.54, 1.807) is 24.8 Å². The Morgan fingerprint density at radius 3 is 2.53 bits per heavy atom. The minimum Gasteiger partial charge on any atom is -0.494 e. The lowest BCUT2D eigenvalue weighted by molar-refractivity contribution is 0.0700. The minimum atomic E-state index is -0.0294. The van der Waals surface area contributed by atoms with Crippen molar-refractivity contribution in [3.63, 3.8) is 0 Å². The monoisotopic (exact) mass is 576 g/mol. The highest BCUT2D eigenvalue weighted by atomic mass is 16.5. The summed E-state index contributed by atoms with van der Waals surface area (Å²) in [6.07, 6.45) is 6.32. The summed E-state index contributed by atoms with van der Waals surface area (Å²) in [7, 11) is 5.42. The van der Waals surface area contributed by atoms with Crippen LogP contribution in [0.3, 0.4) is 0 Å². The number of carbonyl (C=O) groups is 1. The van der Waals surface area contributed by atoms with E-state index in [9.17, 15) is 9.59 Å². The molecule has 2 aromatic carbocycles. The number of likely N-dealkylation sites (tertiary alicyclic amines) is 1. The fourth-order valence-corrected chi connectivity index (χ4v) is 7.37. The van der Waals surface area contributed by atoms with E-state index in [1.807, 2.05) is 36.3 Å². The molecule has 2 bridgehead atoms. The van der Waals surface area contributed by atoms with Gasteiger partial charge < -0.3 is 29.1 Å². The van der Waals surface area contributed by atoms with Gasteiger partial charge in [-0.1, -0.05) is 12.1 Å². The van der Waals surface area contributed by atoms with Gasteiger partial charge in [0.25, 0.3) is 11.5 Å². The molecule has 0 radical (unpaired) electrons. The molecule has 0 spiro atoms. The number of imidazole rings is 1. The summed E-state index contributed by atoms with van der Waals surface area (Å²) in [5.41, 5.74) is 12.6. The Morgan fingerprint density at radius 1 is 1.02 bits per heavy atom. The standard InChI is InChI=1S/C34H36N6O3/c1-37-11-10-21(16-30(37)41)20-6-7-22-14-28(39(27(22)13-20)17-19-4-5-19)33-36-25-12-24(15-29(43-3)32(25)38(33)2)34(42)40-18-23-8-9-26(40)31(23)35/h6-7,10-16,19,23,26,31H,4-5,8-9,17-18,35H2,1-3H3/t23-,26-,31-/m1/s1. The first-order valence-corrected chi connectivity index (χ1v) is 15.2. The van der Waals surface area contributed by atoms with Gasteiger partial charge in [-0.2, -0.15) is 0 Å². The molecular weight excluding hydrogens is 540 g/mol. The molecule has 220 valence electrons. The van der Waals surface area contributed by atoms with Crippen LogP contribution in [0.1, 0.15) is 36.0 Å². The maximum Gasteiger partial charge on any atom is 0.254 e. The van der Waals surface area contributed by atoms with Crippen LogP contribution in [-0.4, -0.2) is 55.2 Å². The Bertz CT molecular complexity index is 2000. The molecule has 3 fully saturated rings. The van der Waals surface area contributed by atoms with Gasteiger partial charge in [0.2, 0.25) is 0 Å². The number of aromatic nitrogens is 4. The quantitative estimate of drug-likeness (QED) is 0.320. The molecule has 2 saturated carbocycles. The highest BCUT2D eigenvalue weighted by Gasteiger charge is 2.47. The number of fused-ring (bicyclic) bond motifs is 4. The van der Waals surface area contributed by atoms with E-state index in [-0.39, 0.29) is 23.6 Å². The molecule has 2 aliphatic carbocycles. The van der Waals surface area contributed by atoms with Gasteiger partial charge in [-0.05, 0) is 79.0 Å². The number of pyridine rings is 1. The van der Waals surface area contributed by atoms with E-state index in [0.717, 1.165) is 70.5 Å². The van der Waals surface area contributed by atoms with Crippen molar-refractivity contribution in [1.29, 1.82) is 0 Å². The second kappa shape index (κ2) is 9.57. The zero-order valence-electron chi connectivity index (χ0n) is 24.8. The largest absolute Gasteiger partial charge is 0.494 e. The molecule has 1 amide bonds. The zero-order valence-corrected chi connectivity index (χ0v) is 24.8. The van der Waals surface area contributed by atoms with Crippen molar-refractivity contribution in [2.24, 2.45) is 31.7 Å². The maximum absolute atomic E-state index is 13.7. The van der Waals surface area contributed by atoms with E-state index < -0.39 is 0 Å². The fourth-order valence-electron chi connectivity index (χ4n) is 7.37. The molecular formula is C34H36N6O3. The molecule has 43 heavy (non-hydrogen) atoms. The summed E-state index contributed by atoms with van der Waals surface area (Å²) in [5, 5.41) is 1.12. The molecule has 9 nitrogen and oxygen atoms in total. The van der Waals surface area contributed by atoms with Crippen LogP contribution in [0.15, 0.2) is 59.5 Å².